The number of carbonyl (C=O) groups is 1. The zero-order chi connectivity index (χ0) is 16.9. The Morgan fingerprint density at radius 1 is 1.25 bits per heavy atom. The number of rotatable bonds is 6. The molecule has 1 aliphatic carbocycles. The molecule has 2 aromatic heterocycles. The standard InChI is InChI=1S/C17H24N6O/c1-12-21-15(11-16(22-12)23-10-9-18-13(23)2)19-7-8-20-17(24)14-5-3-4-6-14/h9-11,14H,3-8H2,1-2H3,(H,20,24)(H,19,21,22). The average Bonchev–Trinajstić information content (AvgIpc) is 3.22. The molecule has 0 saturated heterocycles. The van der Waals surface area contributed by atoms with Gasteiger partial charge in [0.1, 0.15) is 23.3 Å². The van der Waals surface area contributed by atoms with Crippen molar-refractivity contribution in [3.8, 4) is 5.82 Å². The topological polar surface area (TPSA) is 84.7 Å². The largest absolute Gasteiger partial charge is 0.368 e. The van der Waals surface area contributed by atoms with E-state index in [9.17, 15) is 4.79 Å². The van der Waals surface area contributed by atoms with Gasteiger partial charge in [-0.15, -0.1) is 0 Å². The predicted octanol–water partition coefficient (Wildman–Crippen LogP) is 2.00. The van der Waals surface area contributed by atoms with Crippen molar-refractivity contribution in [2.75, 3.05) is 18.4 Å². The molecule has 0 unspecified atom stereocenters. The van der Waals surface area contributed by atoms with Gasteiger partial charge in [0.05, 0.1) is 0 Å². The normalized spacial score (nSPS) is 14.8. The van der Waals surface area contributed by atoms with E-state index >= 15 is 0 Å². The Bertz CT molecular complexity index is 705. The lowest BCUT2D eigenvalue weighted by Crippen LogP contribution is -2.33. The number of aromatic nitrogens is 4. The molecule has 1 fully saturated rings. The molecule has 2 heterocycles. The van der Waals surface area contributed by atoms with Crippen molar-refractivity contribution in [3.05, 3.63) is 30.1 Å². The molecule has 0 aromatic carbocycles. The van der Waals surface area contributed by atoms with Gasteiger partial charge < -0.3 is 10.6 Å². The Hall–Kier alpha value is -2.44. The number of nitrogens with one attached hydrogen (secondary N) is 2. The summed E-state index contributed by atoms with van der Waals surface area (Å²) in [6, 6.07) is 1.89. The van der Waals surface area contributed by atoms with Crippen LogP contribution in [-0.2, 0) is 4.79 Å². The summed E-state index contributed by atoms with van der Waals surface area (Å²) in [5, 5.41) is 6.25. The van der Waals surface area contributed by atoms with Crippen LogP contribution < -0.4 is 10.6 Å². The van der Waals surface area contributed by atoms with Gasteiger partial charge >= 0.3 is 0 Å². The highest BCUT2D eigenvalue weighted by Gasteiger charge is 2.21. The van der Waals surface area contributed by atoms with Gasteiger partial charge in [-0.1, -0.05) is 12.8 Å². The molecule has 0 radical (unpaired) electrons. The lowest BCUT2D eigenvalue weighted by Gasteiger charge is -2.12. The van der Waals surface area contributed by atoms with Gasteiger partial charge in [-0.05, 0) is 26.7 Å². The van der Waals surface area contributed by atoms with E-state index in [1.54, 1.807) is 6.20 Å². The smallest absolute Gasteiger partial charge is 0.223 e. The minimum atomic E-state index is 0.183. The van der Waals surface area contributed by atoms with E-state index in [4.69, 9.17) is 0 Å². The fourth-order valence-electron chi connectivity index (χ4n) is 3.09. The van der Waals surface area contributed by atoms with Gasteiger partial charge in [-0.2, -0.15) is 0 Å². The summed E-state index contributed by atoms with van der Waals surface area (Å²) in [4.78, 5) is 25.0. The van der Waals surface area contributed by atoms with Crippen molar-refractivity contribution in [3.63, 3.8) is 0 Å². The molecular weight excluding hydrogens is 304 g/mol. The minimum absolute atomic E-state index is 0.183. The van der Waals surface area contributed by atoms with Crippen LogP contribution in [0.3, 0.4) is 0 Å². The first-order chi connectivity index (χ1) is 11.6. The first-order valence-electron chi connectivity index (χ1n) is 8.51. The van der Waals surface area contributed by atoms with Crippen molar-refractivity contribution in [2.24, 2.45) is 5.92 Å². The van der Waals surface area contributed by atoms with E-state index in [1.807, 2.05) is 30.7 Å². The number of nitrogens with zero attached hydrogens (tertiary/aromatic N) is 4. The van der Waals surface area contributed by atoms with Crippen LogP contribution >= 0.6 is 0 Å². The Morgan fingerprint density at radius 2 is 2.04 bits per heavy atom. The van der Waals surface area contributed by atoms with Crippen LogP contribution in [0.15, 0.2) is 18.5 Å². The molecule has 0 aliphatic heterocycles. The molecule has 2 aromatic rings. The van der Waals surface area contributed by atoms with Gasteiger partial charge in [0.25, 0.3) is 0 Å². The van der Waals surface area contributed by atoms with Crippen LogP contribution in [0.25, 0.3) is 5.82 Å². The molecule has 7 nitrogen and oxygen atoms in total. The molecule has 24 heavy (non-hydrogen) atoms. The van der Waals surface area contributed by atoms with Gasteiger partial charge in [0.2, 0.25) is 5.91 Å². The number of hydrogen-bond acceptors (Lipinski definition) is 5. The fraction of sp³-hybridized carbons (Fsp3) is 0.529. The third-order valence-corrected chi connectivity index (χ3v) is 4.35. The van der Waals surface area contributed by atoms with E-state index in [0.29, 0.717) is 18.9 Å². The lowest BCUT2D eigenvalue weighted by molar-refractivity contribution is -0.124. The Morgan fingerprint density at radius 3 is 2.75 bits per heavy atom. The monoisotopic (exact) mass is 328 g/mol. The average molecular weight is 328 g/mol. The molecule has 0 spiro atoms. The van der Waals surface area contributed by atoms with Gasteiger partial charge in [-0.3, -0.25) is 9.36 Å². The van der Waals surface area contributed by atoms with E-state index in [0.717, 1.165) is 30.3 Å². The first kappa shape index (κ1) is 16.4. The summed E-state index contributed by atoms with van der Waals surface area (Å²) < 4.78 is 1.92. The number of hydrogen-bond donors (Lipinski definition) is 2. The lowest BCUT2D eigenvalue weighted by atomic mass is 10.1. The molecule has 0 atom stereocenters. The summed E-state index contributed by atoms with van der Waals surface area (Å²) in [5.74, 6) is 3.50. The second-order valence-corrected chi connectivity index (χ2v) is 6.20. The molecule has 1 aliphatic rings. The highest BCUT2D eigenvalue weighted by Crippen LogP contribution is 2.24. The first-order valence-corrected chi connectivity index (χ1v) is 8.51. The zero-order valence-electron chi connectivity index (χ0n) is 14.2. The van der Waals surface area contributed by atoms with E-state index < -0.39 is 0 Å². The number of anilines is 1. The summed E-state index contributed by atoms with van der Waals surface area (Å²) in [5.41, 5.74) is 0. The van der Waals surface area contributed by atoms with Crippen LogP contribution in [0.1, 0.15) is 37.3 Å². The summed E-state index contributed by atoms with van der Waals surface area (Å²) in [6.45, 7) is 5.03. The third-order valence-electron chi connectivity index (χ3n) is 4.35. The van der Waals surface area contributed by atoms with Crippen molar-refractivity contribution >= 4 is 11.7 Å². The molecule has 2 N–H and O–H groups in total. The quantitative estimate of drug-likeness (QED) is 0.792. The maximum Gasteiger partial charge on any atom is 0.223 e. The predicted molar refractivity (Wildman–Crippen MR) is 92.1 cm³/mol. The van der Waals surface area contributed by atoms with Gasteiger partial charge in [0.15, 0.2) is 0 Å². The van der Waals surface area contributed by atoms with Crippen LogP contribution in [0.2, 0.25) is 0 Å². The summed E-state index contributed by atoms with van der Waals surface area (Å²) >= 11 is 0. The molecule has 7 heteroatoms. The molecule has 0 bridgehead atoms. The molecular formula is C17H24N6O. The van der Waals surface area contributed by atoms with Crippen LogP contribution in [0.4, 0.5) is 5.82 Å². The zero-order valence-corrected chi connectivity index (χ0v) is 14.2. The summed E-state index contributed by atoms with van der Waals surface area (Å²) in [7, 11) is 0. The molecule has 1 saturated carbocycles. The SMILES string of the molecule is Cc1nc(NCCNC(=O)C2CCCC2)cc(-n2ccnc2C)n1. The molecule has 3 rings (SSSR count). The van der Waals surface area contributed by atoms with E-state index in [1.165, 1.54) is 12.8 Å². The maximum atomic E-state index is 12.0. The van der Waals surface area contributed by atoms with E-state index in [2.05, 4.69) is 25.6 Å². The number of imidazole rings is 1. The van der Waals surface area contributed by atoms with Crippen molar-refractivity contribution in [2.45, 2.75) is 39.5 Å². The van der Waals surface area contributed by atoms with Crippen molar-refractivity contribution in [1.29, 1.82) is 0 Å². The second-order valence-electron chi connectivity index (χ2n) is 6.20. The number of aryl methyl sites for hydroxylation is 2. The second kappa shape index (κ2) is 7.42. The van der Waals surface area contributed by atoms with Crippen molar-refractivity contribution in [1.82, 2.24) is 24.8 Å². The highest BCUT2D eigenvalue weighted by molar-refractivity contribution is 5.78. The van der Waals surface area contributed by atoms with Crippen LogP contribution in [0, 0.1) is 19.8 Å². The highest BCUT2D eigenvalue weighted by atomic mass is 16.1. The fourth-order valence-corrected chi connectivity index (χ4v) is 3.09. The van der Waals surface area contributed by atoms with Crippen molar-refractivity contribution < 1.29 is 4.79 Å². The minimum Gasteiger partial charge on any atom is -0.368 e. The Balaban J connectivity index is 1.54. The Kier molecular flexibility index (Phi) is 5.08. The molecule has 128 valence electrons. The van der Waals surface area contributed by atoms with Crippen LogP contribution in [0.5, 0.6) is 0 Å². The Labute approximate surface area is 141 Å². The number of amides is 1. The van der Waals surface area contributed by atoms with E-state index in [-0.39, 0.29) is 11.8 Å². The van der Waals surface area contributed by atoms with Gasteiger partial charge in [-0.25, -0.2) is 15.0 Å². The maximum absolute atomic E-state index is 12.0. The number of carbonyl (C=O) groups excluding carboxylic acids is 1. The van der Waals surface area contributed by atoms with Gasteiger partial charge in [0, 0.05) is 37.5 Å². The summed E-state index contributed by atoms with van der Waals surface area (Å²) in [6.07, 6.45) is 8.02. The van der Waals surface area contributed by atoms with Crippen LogP contribution in [-0.4, -0.2) is 38.5 Å². The third kappa shape index (κ3) is 3.90. The molecule has 1 amide bonds.